The Morgan fingerprint density at radius 1 is 1.03 bits per heavy atom. The number of carbonyl (C=O) groups is 3. The van der Waals surface area contributed by atoms with Crippen molar-refractivity contribution in [3.8, 4) is 5.75 Å². The minimum Gasteiger partial charge on any atom is -0.486 e. The molecule has 3 rings (SSSR count). The summed E-state index contributed by atoms with van der Waals surface area (Å²) in [6.45, 7) is 3.91. The average Bonchev–Trinajstić information content (AvgIpc) is 3.18. The second-order valence-electron chi connectivity index (χ2n) is 7.34. The number of nitrogens with one attached hydrogen (secondary N) is 3. The largest absolute Gasteiger partial charge is 0.486 e. The van der Waals surface area contributed by atoms with Gasteiger partial charge in [0.1, 0.15) is 23.9 Å². The lowest BCUT2D eigenvalue weighted by atomic mass is 10.1. The Bertz CT molecular complexity index is 1170. The molecular weight excluding hydrogens is 426 g/mol. The summed E-state index contributed by atoms with van der Waals surface area (Å²) in [5.41, 5.74) is 8.88. The van der Waals surface area contributed by atoms with Crippen molar-refractivity contribution in [3.63, 3.8) is 0 Å². The number of carbonyl (C=O) groups excluding carboxylic acids is 3. The van der Waals surface area contributed by atoms with Crippen LogP contribution in [-0.2, 0) is 22.6 Å². The van der Waals surface area contributed by atoms with E-state index in [0.717, 1.165) is 16.7 Å². The molecule has 0 fully saturated rings. The van der Waals surface area contributed by atoms with Gasteiger partial charge in [0, 0.05) is 5.69 Å². The van der Waals surface area contributed by atoms with Crippen molar-refractivity contribution in [2.75, 3.05) is 17.7 Å². The Morgan fingerprint density at radius 3 is 2.39 bits per heavy atom. The lowest BCUT2D eigenvalue weighted by Crippen LogP contribution is -2.22. The predicted molar refractivity (Wildman–Crippen MR) is 122 cm³/mol. The van der Waals surface area contributed by atoms with E-state index in [1.807, 2.05) is 26.0 Å². The number of hydrogen-bond acceptors (Lipinski definition) is 6. The molecule has 33 heavy (non-hydrogen) atoms. The second kappa shape index (κ2) is 10.3. The van der Waals surface area contributed by atoms with E-state index in [2.05, 4.69) is 25.3 Å². The second-order valence-corrected chi connectivity index (χ2v) is 7.34. The maximum Gasteiger partial charge on any atom is 0.324 e. The fourth-order valence-electron chi connectivity index (χ4n) is 2.94. The number of esters is 1. The third-order valence-corrected chi connectivity index (χ3v) is 4.87. The SMILES string of the molecule is COC(=O)Cc1ccc(OCc2nc(NC(=O)Nc3ccc(C)c(C)c3)c(C(N)=O)[nH]2)cc1. The van der Waals surface area contributed by atoms with Crippen LogP contribution in [-0.4, -0.2) is 35.0 Å². The van der Waals surface area contributed by atoms with Gasteiger partial charge in [0.15, 0.2) is 5.82 Å². The summed E-state index contributed by atoms with van der Waals surface area (Å²) < 4.78 is 10.3. The molecular formula is C23H25N5O5. The van der Waals surface area contributed by atoms with Crippen molar-refractivity contribution in [1.29, 1.82) is 0 Å². The highest BCUT2D eigenvalue weighted by Gasteiger charge is 2.18. The maximum absolute atomic E-state index is 12.4. The normalized spacial score (nSPS) is 10.4. The molecule has 0 aliphatic carbocycles. The van der Waals surface area contributed by atoms with Crippen LogP contribution in [0.1, 0.15) is 33.0 Å². The van der Waals surface area contributed by atoms with E-state index in [1.54, 1.807) is 30.3 Å². The molecule has 0 spiro atoms. The van der Waals surface area contributed by atoms with Crippen molar-refractivity contribution in [3.05, 3.63) is 70.7 Å². The first-order valence-corrected chi connectivity index (χ1v) is 10.1. The quantitative estimate of drug-likeness (QED) is 0.387. The van der Waals surface area contributed by atoms with Crippen LogP contribution >= 0.6 is 0 Å². The van der Waals surface area contributed by atoms with Crippen LogP contribution in [0.4, 0.5) is 16.3 Å². The van der Waals surface area contributed by atoms with Gasteiger partial charge < -0.3 is 25.5 Å². The Balaban J connectivity index is 1.63. The van der Waals surface area contributed by atoms with Crippen molar-refractivity contribution in [2.45, 2.75) is 26.9 Å². The fourth-order valence-corrected chi connectivity index (χ4v) is 2.94. The standard InChI is InChI=1S/C23H25N5O5/c1-13-4-7-16(10-14(13)2)25-23(31)28-22-20(21(24)30)26-18(27-22)12-33-17-8-5-15(6-9-17)11-19(29)32-3/h4-10H,11-12H2,1-3H3,(H2,24,30)(H,26,27)(H2,25,28,31). The number of aromatic amines is 1. The van der Waals surface area contributed by atoms with Crippen molar-refractivity contribution in [2.24, 2.45) is 5.73 Å². The number of nitrogens with two attached hydrogens (primary N) is 1. The first-order valence-electron chi connectivity index (χ1n) is 10.1. The number of aromatic nitrogens is 2. The van der Waals surface area contributed by atoms with Crippen LogP contribution in [0.25, 0.3) is 0 Å². The van der Waals surface area contributed by atoms with Crippen molar-refractivity contribution < 1.29 is 23.9 Å². The van der Waals surface area contributed by atoms with Crippen LogP contribution in [0.3, 0.4) is 0 Å². The molecule has 0 aliphatic heterocycles. The Labute approximate surface area is 190 Å². The molecule has 3 aromatic rings. The Kier molecular flexibility index (Phi) is 7.29. The number of amides is 3. The summed E-state index contributed by atoms with van der Waals surface area (Å²) in [4.78, 5) is 42.5. The number of rotatable bonds is 8. The van der Waals surface area contributed by atoms with E-state index in [4.69, 9.17) is 10.5 Å². The number of benzene rings is 2. The number of hydrogen-bond donors (Lipinski definition) is 4. The van der Waals surface area contributed by atoms with Gasteiger partial charge in [-0.25, -0.2) is 9.78 Å². The molecule has 0 aliphatic rings. The molecule has 1 heterocycles. The van der Waals surface area contributed by atoms with Crippen LogP contribution in [0.2, 0.25) is 0 Å². The van der Waals surface area contributed by atoms with Crippen LogP contribution < -0.4 is 21.1 Å². The van der Waals surface area contributed by atoms with Gasteiger partial charge in [-0.1, -0.05) is 18.2 Å². The highest BCUT2D eigenvalue weighted by atomic mass is 16.5. The third-order valence-electron chi connectivity index (χ3n) is 4.87. The Hall–Kier alpha value is -4.34. The van der Waals surface area contributed by atoms with Gasteiger partial charge >= 0.3 is 12.0 Å². The summed E-state index contributed by atoms with van der Waals surface area (Å²) in [6, 6.07) is 11.8. The monoisotopic (exact) mass is 451 g/mol. The lowest BCUT2D eigenvalue weighted by molar-refractivity contribution is -0.139. The Morgan fingerprint density at radius 2 is 1.76 bits per heavy atom. The number of nitrogens with zero attached hydrogens (tertiary/aromatic N) is 1. The number of urea groups is 1. The number of methoxy groups -OCH3 is 1. The van der Waals surface area contributed by atoms with Crippen LogP contribution in [0.5, 0.6) is 5.75 Å². The van der Waals surface area contributed by atoms with E-state index >= 15 is 0 Å². The number of H-pyrrole nitrogens is 1. The third kappa shape index (κ3) is 6.33. The molecule has 0 bridgehead atoms. The summed E-state index contributed by atoms with van der Waals surface area (Å²) in [5, 5.41) is 5.23. The van der Waals surface area contributed by atoms with Gasteiger partial charge in [-0.3, -0.25) is 14.9 Å². The first-order chi connectivity index (χ1) is 15.7. The highest BCUT2D eigenvalue weighted by molar-refractivity contribution is 6.04. The zero-order valence-corrected chi connectivity index (χ0v) is 18.5. The number of imidazole rings is 1. The fraction of sp³-hybridized carbons (Fsp3) is 0.217. The predicted octanol–water partition coefficient (Wildman–Crippen LogP) is 3.06. The molecule has 10 nitrogen and oxygen atoms in total. The molecule has 1 aromatic heterocycles. The summed E-state index contributed by atoms with van der Waals surface area (Å²) in [7, 11) is 1.33. The topological polar surface area (TPSA) is 148 Å². The van der Waals surface area contributed by atoms with E-state index in [9.17, 15) is 14.4 Å². The van der Waals surface area contributed by atoms with Gasteiger partial charge in [-0.2, -0.15) is 0 Å². The summed E-state index contributed by atoms with van der Waals surface area (Å²) >= 11 is 0. The van der Waals surface area contributed by atoms with Crippen molar-refractivity contribution >= 4 is 29.4 Å². The van der Waals surface area contributed by atoms with E-state index < -0.39 is 11.9 Å². The zero-order chi connectivity index (χ0) is 24.0. The minimum atomic E-state index is -0.776. The number of aryl methyl sites for hydroxylation is 2. The molecule has 0 saturated carbocycles. The van der Waals surface area contributed by atoms with Gasteiger partial charge in [-0.05, 0) is 54.8 Å². The first kappa shape index (κ1) is 23.3. The van der Waals surface area contributed by atoms with Gasteiger partial charge in [0.05, 0.1) is 13.5 Å². The molecule has 5 N–H and O–H groups in total. The molecule has 0 atom stereocenters. The maximum atomic E-state index is 12.4. The molecule has 10 heteroatoms. The van der Waals surface area contributed by atoms with E-state index in [1.165, 1.54) is 7.11 Å². The smallest absolute Gasteiger partial charge is 0.324 e. The molecule has 3 amide bonds. The van der Waals surface area contributed by atoms with Gasteiger partial charge in [0.2, 0.25) is 0 Å². The number of anilines is 2. The van der Waals surface area contributed by atoms with Crippen molar-refractivity contribution in [1.82, 2.24) is 9.97 Å². The van der Waals surface area contributed by atoms with E-state index in [-0.39, 0.29) is 30.5 Å². The molecule has 2 aromatic carbocycles. The molecule has 0 unspecified atom stereocenters. The van der Waals surface area contributed by atoms with E-state index in [0.29, 0.717) is 17.3 Å². The zero-order valence-electron chi connectivity index (χ0n) is 18.5. The molecule has 172 valence electrons. The van der Waals surface area contributed by atoms with Gasteiger partial charge in [-0.15, -0.1) is 0 Å². The van der Waals surface area contributed by atoms with Crippen LogP contribution in [0, 0.1) is 13.8 Å². The molecule has 0 radical (unpaired) electrons. The van der Waals surface area contributed by atoms with Gasteiger partial charge in [0.25, 0.3) is 5.91 Å². The summed E-state index contributed by atoms with van der Waals surface area (Å²) in [6.07, 6.45) is 0.163. The minimum absolute atomic E-state index is 0.00289. The van der Waals surface area contributed by atoms with Crippen LogP contribution in [0.15, 0.2) is 42.5 Å². The lowest BCUT2D eigenvalue weighted by Gasteiger charge is -2.08. The summed E-state index contributed by atoms with van der Waals surface area (Å²) in [5.74, 6) is -0.287. The number of ether oxygens (including phenoxy) is 2. The highest BCUT2D eigenvalue weighted by Crippen LogP contribution is 2.18. The molecule has 0 saturated heterocycles. The average molecular weight is 451 g/mol. The number of primary amides is 1.